The summed E-state index contributed by atoms with van der Waals surface area (Å²) >= 11 is 2.80. The number of halogens is 3. The Hall–Kier alpha value is -10.4. The number of hydrogen-bond donors (Lipinski definition) is 2. The molecule has 0 aliphatic carbocycles. The number of benzene rings is 4. The molecule has 2 N–H and O–H groups in total. The molecule has 2 aliphatic rings. The van der Waals surface area contributed by atoms with Crippen molar-refractivity contribution in [1.82, 2.24) is 0 Å². The Bertz CT molecular complexity index is 4150. The zero-order valence-corrected chi connectivity index (χ0v) is 57.5. The lowest BCUT2D eigenvalue weighted by Gasteiger charge is -2.29. The molecule has 514 valence electrons. The number of nitrogens with zero attached hydrogens (tertiary/aromatic N) is 8. The Morgan fingerprint density at radius 2 is 1.02 bits per heavy atom. The highest BCUT2D eigenvalue weighted by molar-refractivity contribution is 7.14. The number of rotatable bonds is 29. The lowest BCUT2D eigenvalue weighted by Crippen LogP contribution is -2.43. The van der Waals surface area contributed by atoms with E-state index in [0.717, 1.165) is 150 Å². The van der Waals surface area contributed by atoms with E-state index in [-0.39, 0.29) is 37.5 Å². The number of aliphatic hydroxyl groups is 2. The van der Waals surface area contributed by atoms with E-state index in [2.05, 4.69) is 64.9 Å². The molecule has 6 aromatic rings. The van der Waals surface area contributed by atoms with Crippen LogP contribution >= 0.6 is 22.7 Å². The maximum absolute atomic E-state index is 14.2. The number of aldehydes is 1. The number of carbonyl (C=O) groups is 1. The summed E-state index contributed by atoms with van der Waals surface area (Å²) in [5.74, 6) is 0.967. The van der Waals surface area contributed by atoms with Gasteiger partial charge < -0.3 is 39.0 Å². The van der Waals surface area contributed by atoms with Crippen molar-refractivity contribution in [2.24, 2.45) is 0 Å². The first-order valence-electron chi connectivity index (χ1n) is 32.1. The molecule has 2 aromatic heterocycles. The van der Waals surface area contributed by atoms with Crippen molar-refractivity contribution in [2.75, 3.05) is 49.2 Å². The van der Waals surface area contributed by atoms with E-state index < -0.39 is 40.0 Å². The van der Waals surface area contributed by atoms with Crippen LogP contribution in [0.25, 0.3) is 35.2 Å². The summed E-state index contributed by atoms with van der Waals surface area (Å²) in [4.78, 5) is 22.1. The van der Waals surface area contributed by atoms with Gasteiger partial charge in [0, 0.05) is 94.2 Å². The highest BCUT2D eigenvalue weighted by Gasteiger charge is 2.60. The summed E-state index contributed by atoms with van der Waals surface area (Å²) in [6, 6.07) is 48.3. The second-order valence-corrected chi connectivity index (χ2v) is 25.5. The van der Waals surface area contributed by atoms with Gasteiger partial charge in [-0.05, 0) is 162 Å². The fraction of sp³-hybridized carbons (Fsp3) is 0.329. The molecule has 1 atom stereocenters. The third-order valence-electron chi connectivity index (χ3n) is 15.9. The minimum absolute atomic E-state index is 0. The Kier molecular flexibility index (Phi) is 31.8. The quantitative estimate of drug-likeness (QED) is 0.0193. The van der Waals surface area contributed by atoms with Gasteiger partial charge in [0.25, 0.3) is 0 Å². The van der Waals surface area contributed by atoms with Gasteiger partial charge in [-0.2, -0.15) is 39.5 Å². The molecular weight excluding hydrogens is 1290 g/mol. The first kappa shape index (κ1) is 79.3. The van der Waals surface area contributed by atoms with E-state index >= 15 is 0 Å². The zero-order chi connectivity index (χ0) is 71.1. The minimum Gasteiger partial charge on any atom is -0.488 e. The highest BCUT2D eigenvalue weighted by atomic mass is 32.1. The van der Waals surface area contributed by atoms with Crippen molar-refractivity contribution in [1.29, 1.82) is 26.3 Å². The standard InChI is InChI=1S/C39H37F3N4O3S.C28H33NO3S.C11H9N3O.CH4/c1-4-5-21-46(22-9-10-23-47)31-15-13-29(35(24-31)48-27-28-11-7-6-8-12-28)14-16-32-17-18-33(50-32)19-20-34-36(45-3)37(30(25-43)26-44)49-38(34,2)39(40,41)42;1-2-3-17-29(18-7-8-19-30)25-13-11-24(12-14-26-15-16-27(21-31)33-26)28(20-25)32-22-23-9-5-4-6-10-23;1-7-9(6-14)10(8(4-12)5-13)15-11(7,2)3;/h6-8,11-20,24,47H,4-5,9-10,21-23,27H2,1-2H3;4-6,9-16,20-21,30H,2-3,7-8,17-19,22H2,1H3;1-3H3;1H4/b16-14+,20-19+;14-12+;;. The van der Waals surface area contributed by atoms with Gasteiger partial charge in [-0.15, -0.1) is 22.7 Å². The minimum atomic E-state index is -4.92. The predicted octanol–water partition coefficient (Wildman–Crippen LogP) is 19.0. The van der Waals surface area contributed by atoms with Crippen molar-refractivity contribution < 1.29 is 47.1 Å². The highest BCUT2D eigenvalue weighted by Crippen LogP contribution is 2.50. The molecule has 0 saturated heterocycles. The Morgan fingerprint density at radius 1 is 0.596 bits per heavy atom. The second kappa shape index (κ2) is 39.7. The molecule has 0 spiro atoms. The normalized spacial score (nSPS) is 14.4. The van der Waals surface area contributed by atoms with E-state index in [1.54, 1.807) is 39.0 Å². The summed E-state index contributed by atoms with van der Waals surface area (Å²) in [7, 11) is 0. The van der Waals surface area contributed by atoms with E-state index in [9.17, 15) is 38.7 Å². The summed E-state index contributed by atoms with van der Waals surface area (Å²) in [5.41, 5.74) is 1.80. The average molecular weight is 1380 g/mol. The molecule has 99 heavy (non-hydrogen) atoms. The molecule has 2 aliphatic heterocycles. The Labute approximate surface area is 588 Å². The van der Waals surface area contributed by atoms with Crippen molar-refractivity contribution in [3.63, 3.8) is 0 Å². The van der Waals surface area contributed by atoms with Crippen molar-refractivity contribution >= 4 is 70.7 Å². The largest absolute Gasteiger partial charge is 0.488 e. The van der Waals surface area contributed by atoms with Crippen LogP contribution in [-0.4, -0.2) is 73.3 Å². The molecule has 0 radical (unpaired) electrons. The van der Waals surface area contributed by atoms with Gasteiger partial charge in [-0.25, -0.2) is 4.85 Å². The first-order valence-corrected chi connectivity index (χ1v) is 33.7. The van der Waals surface area contributed by atoms with Gasteiger partial charge in [-0.3, -0.25) is 4.79 Å². The van der Waals surface area contributed by atoms with E-state index in [0.29, 0.717) is 23.8 Å². The maximum Gasteiger partial charge on any atom is 0.430 e. The van der Waals surface area contributed by atoms with Crippen LogP contribution in [0.1, 0.15) is 147 Å². The number of carbonyl (C=O) groups excluding carboxylic acids is 1. The molecule has 4 heterocycles. The van der Waals surface area contributed by atoms with Crippen LogP contribution in [-0.2, 0) is 22.7 Å². The molecule has 8 rings (SSSR count). The lowest BCUT2D eigenvalue weighted by atomic mass is 9.94. The molecular formula is C79H83F3N8O7S2. The van der Waals surface area contributed by atoms with Gasteiger partial charge >= 0.3 is 6.18 Å². The maximum atomic E-state index is 14.2. The molecule has 15 nitrogen and oxygen atoms in total. The smallest absolute Gasteiger partial charge is 0.430 e. The Balaban J connectivity index is 0.000000307. The third-order valence-corrected chi connectivity index (χ3v) is 17.9. The molecule has 20 heteroatoms. The van der Waals surface area contributed by atoms with Gasteiger partial charge in [0.2, 0.25) is 11.3 Å². The Morgan fingerprint density at radius 3 is 1.41 bits per heavy atom. The number of thiophene rings is 2. The monoisotopic (exact) mass is 1380 g/mol. The summed E-state index contributed by atoms with van der Waals surface area (Å²) in [6.45, 7) is 22.9. The number of ether oxygens (including phenoxy) is 4. The predicted molar refractivity (Wildman–Crippen MR) is 388 cm³/mol. The average Bonchev–Trinajstić information content (AvgIpc) is 1.60. The van der Waals surface area contributed by atoms with Gasteiger partial charge in [0.15, 0.2) is 29.0 Å². The number of unbranched alkanes of at least 4 members (excludes halogenated alkanes) is 4. The fourth-order valence-electron chi connectivity index (χ4n) is 10.1. The van der Waals surface area contributed by atoms with Crippen LogP contribution in [0.5, 0.6) is 11.5 Å². The van der Waals surface area contributed by atoms with Gasteiger partial charge in [0.05, 0.1) is 17.0 Å². The molecule has 4 aromatic carbocycles. The van der Waals surface area contributed by atoms with Gasteiger partial charge in [0.1, 0.15) is 60.7 Å². The fourth-order valence-corrected chi connectivity index (χ4v) is 11.6. The topological polar surface area (TPSA) is 224 Å². The lowest BCUT2D eigenvalue weighted by molar-refractivity contribution is -0.236. The van der Waals surface area contributed by atoms with E-state index in [1.807, 2.05) is 109 Å². The summed E-state index contributed by atoms with van der Waals surface area (Å²) in [6.07, 6.45) is 14.2. The third kappa shape index (κ3) is 22.3. The zero-order valence-electron chi connectivity index (χ0n) is 55.9. The van der Waals surface area contributed by atoms with Crippen LogP contribution in [0.15, 0.2) is 172 Å². The number of hydrogen-bond acceptors (Lipinski definition) is 16. The number of allylic oxidation sites excluding steroid dienone is 3. The summed E-state index contributed by atoms with van der Waals surface area (Å²) in [5, 5.41) is 63.4. The van der Waals surface area contributed by atoms with Crippen LogP contribution in [0.3, 0.4) is 0 Å². The number of alkyl halides is 3. The van der Waals surface area contributed by atoms with Crippen molar-refractivity contribution in [3.8, 4) is 41.8 Å². The van der Waals surface area contributed by atoms with Crippen LogP contribution in [0.4, 0.5) is 24.5 Å². The van der Waals surface area contributed by atoms with Gasteiger partial charge in [-0.1, -0.05) is 101 Å². The molecule has 0 saturated carbocycles. The van der Waals surface area contributed by atoms with E-state index in [1.165, 1.54) is 47.0 Å². The van der Waals surface area contributed by atoms with Crippen molar-refractivity contribution in [3.05, 3.63) is 226 Å². The first-order chi connectivity index (χ1) is 47.3. The number of anilines is 2. The number of nitriles is 5. The van der Waals surface area contributed by atoms with Crippen LogP contribution < -0.4 is 19.3 Å². The van der Waals surface area contributed by atoms with Crippen LogP contribution in [0.2, 0.25) is 0 Å². The second-order valence-electron chi connectivity index (χ2n) is 23.2. The van der Waals surface area contributed by atoms with Crippen LogP contribution in [0, 0.1) is 63.2 Å². The van der Waals surface area contributed by atoms with Crippen molar-refractivity contribution in [2.45, 2.75) is 131 Å². The molecule has 0 amide bonds. The molecule has 1 unspecified atom stereocenters. The van der Waals surface area contributed by atoms with E-state index in [4.69, 9.17) is 41.3 Å². The summed E-state index contributed by atoms with van der Waals surface area (Å²) < 4.78 is 65.8. The number of aliphatic hydroxyl groups excluding tert-OH is 2. The molecule has 0 fully saturated rings. The SMILES string of the molecule is C.CC1=C(C#N)C(=C(C#N)C#N)OC1(C)C.CCCCN(CCCCO)c1ccc(/C=C/c2ccc(C=O)s2)c(OCc2ccccc2)c1.[C-]#[N+]C1=C(/C=C/c2ccc(/C=C/c3ccc(N(CCCC)CCCCO)cc3OCc3ccccc3)s2)C(C)(C(F)(F)F)OC1=C(C#N)C#N. The molecule has 0 bridgehead atoms.